The second-order valence-corrected chi connectivity index (χ2v) is 6.97. The van der Waals surface area contributed by atoms with Gasteiger partial charge in [0.05, 0.1) is 15.7 Å². The highest BCUT2D eigenvalue weighted by molar-refractivity contribution is 6.40. The van der Waals surface area contributed by atoms with Crippen molar-refractivity contribution in [3.63, 3.8) is 0 Å². The third-order valence-electron chi connectivity index (χ3n) is 4.30. The van der Waals surface area contributed by atoms with E-state index in [1.807, 2.05) is 0 Å². The largest absolute Gasteiger partial charge is 0.359 e. The van der Waals surface area contributed by atoms with Crippen molar-refractivity contribution in [1.82, 2.24) is 0 Å². The van der Waals surface area contributed by atoms with Gasteiger partial charge in [0.2, 0.25) is 5.91 Å². The molecule has 3 rings (SSSR count). The van der Waals surface area contributed by atoms with Gasteiger partial charge in [-0.15, -0.1) is 0 Å². The molecule has 8 heteroatoms. The van der Waals surface area contributed by atoms with Crippen LogP contribution in [0.5, 0.6) is 0 Å². The number of carbonyl (C=O) groups is 1. The molecule has 1 heterocycles. The van der Waals surface area contributed by atoms with Gasteiger partial charge in [-0.25, -0.2) is 8.78 Å². The van der Waals surface area contributed by atoms with Gasteiger partial charge in [-0.2, -0.15) is 0 Å². The van der Waals surface area contributed by atoms with Crippen molar-refractivity contribution in [1.29, 1.82) is 0 Å². The summed E-state index contributed by atoms with van der Waals surface area (Å²) in [5.41, 5.74) is 1.10. The number of hydrogen-bond donors (Lipinski definition) is 0. The third kappa shape index (κ3) is 4.36. The normalized spacial score (nSPS) is 15.5. The van der Waals surface area contributed by atoms with Gasteiger partial charge >= 0.3 is 0 Å². The smallest absolute Gasteiger partial charge is 0.231 e. The Hall–Kier alpha value is -1.99. The number of para-hydroxylation sites is 1. The molecule has 0 aromatic heterocycles. The fourth-order valence-corrected chi connectivity index (χ4v) is 3.61. The van der Waals surface area contributed by atoms with Gasteiger partial charge in [0.1, 0.15) is 24.5 Å². The van der Waals surface area contributed by atoms with Gasteiger partial charge < -0.3 is 9.47 Å². The molecule has 1 atom stereocenters. The summed E-state index contributed by atoms with van der Waals surface area (Å²) in [6.45, 7) is -0.111. The van der Waals surface area contributed by atoms with Crippen LogP contribution in [0.25, 0.3) is 0 Å². The summed E-state index contributed by atoms with van der Waals surface area (Å²) in [4.78, 5) is 13.8. The molecule has 2 aromatic rings. The van der Waals surface area contributed by atoms with Gasteiger partial charge in [0.15, 0.2) is 0 Å². The number of methoxy groups -OCH3 is 1. The molecule has 28 heavy (non-hydrogen) atoms. The van der Waals surface area contributed by atoms with Gasteiger partial charge in [-0.1, -0.05) is 35.3 Å². The summed E-state index contributed by atoms with van der Waals surface area (Å²) >= 11 is 12.5. The highest BCUT2D eigenvalue weighted by atomic mass is 35.5. The molecule has 0 aliphatic carbocycles. The molecule has 0 bridgehead atoms. The average molecular weight is 428 g/mol. The minimum Gasteiger partial charge on any atom is -0.359 e. The number of ether oxygens (including phenoxy) is 2. The number of halogens is 4. The standard InChI is InChI=1S/C20H17Cl2F2NO3/c1-27-11-28-20(14-7-6-13(23)9-17(14)24)12-5-8-18(26)25(10-12)19-15(21)3-2-4-16(19)22/h2-4,6-7,9-10,20H,5,8,11H2,1H3. The second-order valence-electron chi connectivity index (χ2n) is 6.16. The van der Waals surface area contributed by atoms with Crippen molar-refractivity contribution < 1.29 is 23.0 Å². The molecule has 0 N–H and O–H groups in total. The van der Waals surface area contributed by atoms with Crippen molar-refractivity contribution in [2.75, 3.05) is 18.8 Å². The zero-order valence-corrected chi connectivity index (χ0v) is 16.4. The van der Waals surface area contributed by atoms with Crippen LogP contribution < -0.4 is 4.90 Å². The summed E-state index contributed by atoms with van der Waals surface area (Å²) < 4.78 is 38.3. The van der Waals surface area contributed by atoms with Crippen LogP contribution in [0.15, 0.2) is 48.2 Å². The second kappa shape index (κ2) is 9.01. The van der Waals surface area contributed by atoms with Gasteiger partial charge in [0.25, 0.3) is 0 Å². The highest BCUT2D eigenvalue weighted by Gasteiger charge is 2.29. The van der Waals surface area contributed by atoms with Crippen molar-refractivity contribution in [2.45, 2.75) is 18.9 Å². The Morgan fingerprint density at radius 3 is 2.50 bits per heavy atom. The van der Waals surface area contributed by atoms with Crippen LogP contribution in [-0.2, 0) is 14.3 Å². The van der Waals surface area contributed by atoms with E-state index in [1.54, 1.807) is 24.4 Å². The summed E-state index contributed by atoms with van der Waals surface area (Å²) in [6, 6.07) is 8.17. The van der Waals surface area contributed by atoms with Crippen LogP contribution in [0.4, 0.5) is 14.5 Å². The van der Waals surface area contributed by atoms with Crippen LogP contribution in [0.2, 0.25) is 10.0 Å². The topological polar surface area (TPSA) is 38.8 Å². The van der Waals surface area contributed by atoms with E-state index in [9.17, 15) is 13.6 Å². The molecule has 0 fully saturated rings. The fourth-order valence-electron chi connectivity index (χ4n) is 3.03. The zero-order valence-electron chi connectivity index (χ0n) is 14.9. The first-order chi connectivity index (χ1) is 13.4. The Labute approximate surface area is 171 Å². The maximum absolute atomic E-state index is 14.4. The Morgan fingerprint density at radius 2 is 1.86 bits per heavy atom. The molecule has 0 saturated carbocycles. The molecule has 1 amide bonds. The molecule has 0 radical (unpaired) electrons. The average Bonchev–Trinajstić information content (AvgIpc) is 2.65. The molecule has 1 unspecified atom stereocenters. The fraction of sp³-hybridized carbons (Fsp3) is 0.250. The maximum atomic E-state index is 14.4. The number of hydrogen-bond acceptors (Lipinski definition) is 3. The summed E-state index contributed by atoms with van der Waals surface area (Å²) in [5, 5.41) is 0.612. The van der Waals surface area contributed by atoms with E-state index in [-0.39, 0.29) is 24.7 Å². The van der Waals surface area contributed by atoms with Gasteiger partial charge in [-0.05, 0) is 30.2 Å². The summed E-state index contributed by atoms with van der Waals surface area (Å²) in [6.07, 6.45) is 1.17. The number of benzene rings is 2. The van der Waals surface area contributed by atoms with E-state index >= 15 is 0 Å². The number of anilines is 1. The SMILES string of the molecule is COCOC(C1=CN(c2c(Cl)cccc2Cl)C(=O)CC1)c1ccc(F)cc1F. The molecule has 4 nitrogen and oxygen atoms in total. The molecule has 1 aliphatic heterocycles. The van der Waals surface area contributed by atoms with Crippen LogP contribution in [-0.4, -0.2) is 19.8 Å². The van der Waals surface area contributed by atoms with Gasteiger partial charge in [-0.3, -0.25) is 9.69 Å². The number of amides is 1. The Kier molecular flexibility index (Phi) is 6.67. The minimum absolute atomic E-state index is 0.111. The first-order valence-electron chi connectivity index (χ1n) is 8.44. The maximum Gasteiger partial charge on any atom is 0.231 e. The first kappa shape index (κ1) is 20.7. The molecule has 0 saturated heterocycles. The van der Waals surface area contributed by atoms with E-state index in [1.165, 1.54) is 18.1 Å². The van der Waals surface area contributed by atoms with E-state index in [0.717, 1.165) is 12.1 Å². The lowest BCUT2D eigenvalue weighted by Gasteiger charge is -2.30. The van der Waals surface area contributed by atoms with E-state index in [0.29, 0.717) is 27.7 Å². The molecular formula is C20H17Cl2F2NO3. The van der Waals surface area contributed by atoms with Crippen LogP contribution in [0.3, 0.4) is 0 Å². The molecule has 2 aromatic carbocycles. The number of carbonyl (C=O) groups excluding carboxylic acids is 1. The number of rotatable bonds is 6. The van der Waals surface area contributed by atoms with Crippen LogP contribution >= 0.6 is 23.2 Å². The lowest BCUT2D eigenvalue weighted by Crippen LogP contribution is -2.31. The lowest BCUT2D eigenvalue weighted by atomic mass is 9.95. The zero-order chi connectivity index (χ0) is 20.3. The first-order valence-corrected chi connectivity index (χ1v) is 9.20. The third-order valence-corrected chi connectivity index (χ3v) is 4.91. The molecular weight excluding hydrogens is 411 g/mol. The number of nitrogens with zero attached hydrogens (tertiary/aromatic N) is 1. The molecule has 148 valence electrons. The Bertz CT molecular complexity index is 900. The van der Waals surface area contributed by atoms with Crippen molar-refractivity contribution >= 4 is 34.8 Å². The van der Waals surface area contributed by atoms with Crippen LogP contribution in [0, 0.1) is 11.6 Å². The van der Waals surface area contributed by atoms with E-state index in [4.69, 9.17) is 32.7 Å². The predicted octanol–water partition coefficient (Wildman–Crippen LogP) is 5.64. The molecule has 1 aliphatic rings. The van der Waals surface area contributed by atoms with E-state index in [2.05, 4.69) is 0 Å². The molecule has 0 spiro atoms. The summed E-state index contributed by atoms with van der Waals surface area (Å²) in [5.74, 6) is -1.64. The lowest BCUT2D eigenvalue weighted by molar-refractivity contribution is -0.118. The monoisotopic (exact) mass is 427 g/mol. The predicted molar refractivity (Wildman–Crippen MR) is 103 cm³/mol. The van der Waals surface area contributed by atoms with Crippen LogP contribution in [0.1, 0.15) is 24.5 Å². The summed E-state index contributed by atoms with van der Waals surface area (Å²) in [7, 11) is 1.44. The van der Waals surface area contributed by atoms with Crippen molar-refractivity contribution in [3.05, 3.63) is 75.4 Å². The highest BCUT2D eigenvalue weighted by Crippen LogP contribution is 2.39. The van der Waals surface area contributed by atoms with E-state index < -0.39 is 17.7 Å². The quantitative estimate of drug-likeness (QED) is 0.559. The Balaban J connectivity index is 2.05. The van der Waals surface area contributed by atoms with Gasteiger partial charge in [0, 0.05) is 31.4 Å². The Morgan fingerprint density at radius 1 is 1.14 bits per heavy atom. The van der Waals surface area contributed by atoms with Crippen molar-refractivity contribution in [2.24, 2.45) is 0 Å². The minimum atomic E-state index is -0.864. The van der Waals surface area contributed by atoms with Crippen molar-refractivity contribution in [3.8, 4) is 0 Å².